The van der Waals surface area contributed by atoms with Crippen molar-refractivity contribution < 1.29 is 4.39 Å². The minimum Gasteiger partial charge on any atom is -0.398 e. The predicted octanol–water partition coefficient (Wildman–Crippen LogP) is 3.75. The maximum atomic E-state index is 13.4. The Hall–Kier alpha value is -2.36. The molecule has 0 aliphatic carbocycles. The van der Waals surface area contributed by atoms with Gasteiger partial charge in [-0.15, -0.1) is 0 Å². The van der Waals surface area contributed by atoms with Crippen LogP contribution in [0.3, 0.4) is 0 Å². The molecule has 1 heterocycles. The Morgan fingerprint density at radius 1 is 1.25 bits per heavy atom. The molecule has 0 aliphatic rings. The lowest BCUT2D eigenvalue weighted by Crippen LogP contribution is -2.01. The Balaban J connectivity index is 2.36. The molecule has 0 atom stereocenters. The van der Waals surface area contributed by atoms with Crippen LogP contribution >= 0.6 is 0 Å². The summed E-state index contributed by atoms with van der Waals surface area (Å²) in [6.07, 6.45) is 0. The molecular formula is C16H16FN3. The van der Waals surface area contributed by atoms with Crippen LogP contribution in [0.1, 0.15) is 12.5 Å². The molecule has 0 aliphatic heterocycles. The molecule has 0 saturated heterocycles. The van der Waals surface area contributed by atoms with Crippen LogP contribution in [0.4, 0.5) is 10.1 Å². The van der Waals surface area contributed by atoms with Crippen molar-refractivity contribution in [3.8, 4) is 11.4 Å². The van der Waals surface area contributed by atoms with Gasteiger partial charge in [-0.25, -0.2) is 9.37 Å². The van der Waals surface area contributed by atoms with Crippen LogP contribution in [0.25, 0.3) is 22.4 Å². The van der Waals surface area contributed by atoms with Crippen molar-refractivity contribution in [2.24, 2.45) is 0 Å². The summed E-state index contributed by atoms with van der Waals surface area (Å²) in [5.74, 6) is 0.520. The summed E-state index contributed by atoms with van der Waals surface area (Å²) in [6.45, 7) is 4.80. The number of aromatic nitrogens is 2. The number of halogens is 1. The zero-order valence-electron chi connectivity index (χ0n) is 11.5. The van der Waals surface area contributed by atoms with E-state index >= 15 is 0 Å². The van der Waals surface area contributed by atoms with E-state index in [-0.39, 0.29) is 5.82 Å². The molecule has 3 nitrogen and oxygen atoms in total. The summed E-state index contributed by atoms with van der Waals surface area (Å²) < 4.78 is 15.4. The van der Waals surface area contributed by atoms with Crippen LogP contribution in [0.15, 0.2) is 36.4 Å². The standard InChI is InChI=1S/C16H16FN3/c1-3-20-14-8-7-11(17)9-13(14)19-16(20)15-10(2)5-4-6-12(15)18/h4-9H,3,18H2,1-2H3. The Labute approximate surface area is 116 Å². The zero-order valence-corrected chi connectivity index (χ0v) is 11.5. The fourth-order valence-corrected chi connectivity index (χ4v) is 2.61. The summed E-state index contributed by atoms with van der Waals surface area (Å²) in [6, 6.07) is 10.5. The number of imidazole rings is 1. The number of fused-ring (bicyclic) bond motifs is 1. The highest BCUT2D eigenvalue weighted by atomic mass is 19.1. The molecule has 0 fully saturated rings. The van der Waals surface area contributed by atoms with Crippen LogP contribution in [0.2, 0.25) is 0 Å². The predicted molar refractivity (Wildman–Crippen MR) is 80.0 cm³/mol. The lowest BCUT2D eigenvalue weighted by atomic mass is 10.1. The third-order valence-corrected chi connectivity index (χ3v) is 3.56. The van der Waals surface area contributed by atoms with Crippen molar-refractivity contribution in [2.45, 2.75) is 20.4 Å². The first-order chi connectivity index (χ1) is 9.61. The summed E-state index contributed by atoms with van der Waals surface area (Å²) in [4.78, 5) is 4.58. The van der Waals surface area contributed by atoms with Gasteiger partial charge in [0.1, 0.15) is 11.6 Å². The van der Waals surface area contributed by atoms with Crippen molar-refractivity contribution in [2.75, 3.05) is 5.73 Å². The van der Waals surface area contributed by atoms with Crippen LogP contribution in [0, 0.1) is 12.7 Å². The topological polar surface area (TPSA) is 43.8 Å². The van der Waals surface area contributed by atoms with E-state index in [1.54, 1.807) is 6.07 Å². The molecule has 3 aromatic rings. The molecule has 2 aromatic carbocycles. The molecule has 0 bridgehead atoms. The molecule has 0 spiro atoms. The molecular weight excluding hydrogens is 253 g/mol. The van der Waals surface area contributed by atoms with Crippen molar-refractivity contribution >= 4 is 16.7 Å². The van der Waals surface area contributed by atoms with Crippen LogP contribution < -0.4 is 5.73 Å². The van der Waals surface area contributed by atoms with Crippen molar-refractivity contribution in [3.05, 3.63) is 47.8 Å². The smallest absolute Gasteiger partial charge is 0.143 e. The first-order valence-corrected chi connectivity index (χ1v) is 6.63. The van der Waals surface area contributed by atoms with Gasteiger partial charge in [0.2, 0.25) is 0 Å². The highest BCUT2D eigenvalue weighted by Gasteiger charge is 2.15. The summed E-state index contributed by atoms with van der Waals surface area (Å²) in [5.41, 5.74) is 10.4. The van der Waals surface area contributed by atoms with E-state index < -0.39 is 0 Å². The third-order valence-electron chi connectivity index (χ3n) is 3.56. The third kappa shape index (κ3) is 1.84. The SMILES string of the molecule is CCn1c(-c2c(C)cccc2N)nc2cc(F)ccc21. The highest BCUT2D eigenvalue weighted by molar-refractivity contribution is 5.84. The summed E-state index contributed by atoms with van der Waals surface area (Å²) >= 11 is 0. The number of rotatable bonds is 2. The van der Waals surface area contributed by atoms with E-state index in [1.807, 2.05) is 32.0 Å². The van der Waals surface area contributed by atoms with Crippen LogP contribution in [-0.2, 0) is 6.54 Å². The Morgan fingerprint density at radius 3 is 2.75 bits per heavy atom. The number of aryl methyl sites for hydroxylation is 2. The van der Waals surface area contributed by atoms with Gasteiger partial charge in [0.25, 0.3) is 0 Å². The largest absolute Gasteiger partial charge is 0.398 e. The number of nitrogens with zero attached hydrogens (tertiary/aromatic N) is 2. The molecule has 3 rings (SSSR count). The van der Waals surface area contributed by atoms with Gasteiger partial charge in [0, 0.05) is 23.9 Å². The fraction of sp³-hybridized carbons (Fsp3) is 0.188. The number of hydrogen-bond acceptors (Lipinski definition) is 2. The molecule has 0 saturated carbocycles. The van der Waals surface area contributed by atoms with E-state index in [4.69, 9.17) is 5.73 Å². The molecule has 102 valence electrons. The first-order valence-electron chi connectivity index (χ1n) is 6.63. The quantitative estimate of drug-likeness (QED) is 0.720. The van der Waals surface area contributed by atoms with Gasteiger partial charge in [-0.1, -0.05) is 12.1 Å². The van der Waals surface area contributed by atoms with E-state index in [2.05, 4.69) is 9.55 Å². The Bertz CT molecular complexity index is 770. The van der Waals surface area contributed by atoms with E-state index in [9.17, 15) is 4.39 Å². The first kappa shape index (κ1) is 12.7. The molecule has 2 N–H and O–H groups in total. The van der Waals surface area contributed by atoms with Gasteiger partial charge in [-0.2, -0.15) is 0 Å². The molecule has 0 radical (unpaired) electrons. The molecule has 4 heteroatoms. The maximum absolute atomic E-state index is 13.4. The van der Waals surface area contributed by atoms with Crippen molar-refractivity contribution in [1.82, 2.24) is 9.55 Å². The van der Waals surface area contributed by atoms with Crippen molar-refractivity contribution in [3.63, 3.8) is 0 Å². The minimum absolute atomic E-state index is 0.275. The molecule has 0 unspecified atom stereocenters. The second kappa shape index (κ2) is 4.63. The normalized spacial score (nSPS) is 11.2. The lowest BCUT2D eigenvalue weighted by molar-refractivity contribution is 0.629. The average molecular weight is 269 g/mol. The Morgan fingerprint density at radius 2 is 2.05 bits per heavy atom. The number of benzene rings is 2. The van der Waals surface area contributed by atoms with Crippen molar-refractivity contribution in [1.29, 1.82) is 0 Å². The number of nitrogen functional groups attached to an aromatic ring is 1. The molecule has 0 amide bonds. The van der Waals surface area contributed by atoms with Gasteiger partial charge in [-0.3, -0.25) is 0 Å². The van der Waals surface area contributed by atoms with E-state index in [0.29, 0.717) is 11.2 Å². The molecule has 1 aromatic heterocycles. The number of hydrogen-bond donors (Lipinski definition) is 1. The van der Waals surface area contributed by atoms with Crippen LogP contribution in [-0.4, -0.2) is 9.55 Å². The Kier molecular flexibility index (Phi) is 2.93. The summed E-state index contributed by atoms with van der Waals surface area (Å²) in [7, 11) is 0. The number of nitrogens with two attached hydrogens (primary N) is 1. The second-order valence-electron chi connectivity index (χ2n) is 4.85. The maximum Gasteiger partial charge on any atom is 0.143 e. The molecule has 20 heavy (non-hydrogen) atoms. The van der Waals surface area contributed by atoms with Gasteiger partial charge in [0.15, 0.2) is 0 Å². The second-order valence-corrected chi connectivity index (χ2v) is 4.85. The van der Waals surface area contributed by atoms with Gasteiger partial charge in [0.05, 0.1) is 11.0 Å². The van der Waals surface area contributed by atoms with Gasteiger partial charge in [-0.05, 0) is 37.6 Å². The lowest BCUT2D eigenvalue weighted by Gasteiger charge is -2.11. The van der Waals surface area contributed by atoms with Gasteiger partial charge >= 0.3 is 0 Å². The highest BCUT2D eigenvalue weighted by Crippen LogP contribution is 2.31. The fourth-order valence-electron chi connectivity index (χ4n) is 2.61. The minimum atomic E-state index is -0.275. The van der Waals surface area contributed by atoms with Crippen LogP contribution in [0.5, 0.6) is 0 Å². The number of anilines is 1. The monoisotopic (exact) mass is 269 g/mol. The summed E-state index contributed by atoms with van der Waals surface area (Å²) in [5, 5.41) is 0. The average Bonchev–Trinajstić information content (AvgIpc) is 2.75. The zero-order chi connectivity index (χ0) is 14.3. The van der Waals surface area contributed by atoms with Gasteiger partial charge < -0.3 is 10.3 Å². The van der Waals surface area contributed by atoms with E-state index in [0.717, 1.165) is 29.0 Å². The van der Waals surface area contributed by atoms with E-state index in [1.165, 1.54) is 12.1 Å².